The first-order valence-corrected chi connectivity index (χ1v) is 9.15. The van der Waals surface area contributed by atoms with Crippen LogP contribution in [0, 0.1) is 5.82 Å². The maximum absolute atomic E-state index is 13.2. The summed E-state index contributed by atoms with van der Waals surface area (Å²) in [7, 11) is -1.12. The first-order chi connectivity index (χ1) is 12.1. The van der Waals surface area contributed by atoms with E-state index in [2.05, 4.69) is 0 Å². The van der Waals surface area contributed by atoms with E-state index in [4.69, 9.17) is 11.6 Å². The normalized spacial score (nSPS) is 11.7. The number of amides is 1. The first kappa shape index (κ1) is 18.2. The summed E-state index contributed by atoms with van der Waals surface area (Å²) in [6.07, 6.45) is 0. The Labute approximate surface area is 152 Å². The summed E-state index contributed by atoms with van der Waals surface area (Å²) in [5, 5.41) is -0.296. The number of carbonyl (C=O) groups excluding carboxylic acids is 1. The van der Waals surface area contributed by atoms with E-state index in [1.54, 1.807) is 7.05 Å². The summed E-state index contributed by atoms with van der Waals surface area (Å²) in [4.78, 5) is 23.9. The van der Waals surface area contributed by atoms with Crippen molar-refractivity contribution in [2.75, 3.05) is 0 Å². The molecule has 1 heterocycles. The molecule has 7 nitrogen and oxygen atoms in total. The fourth-order valence-electron chi connectivity index (χ4n) is 2.53. The van der Waals surface area contributed by atoms with Crippen LogP contribution in [0.3, 0.4) is 0 Å². The molecule has 1 amide bonds. The zero-order valence-electron chi connectivity index (χ0n) is 13.7. The van der Waals surface area contributed by atoms with Crippen LogP contribution in [0.15, 0.2) is 46.1 Å². The van der Waals surface area contributed by atoms with Crippen molar-refractivity contribution in [2.24, 2.45) is 14.1 Å². The van der Waals surface area contributed by atoms with E-state index in [-0.39, 0.29) is 21.2 Å². The van der Waals surface area contributed by atoms with Gasteiger partial charge in [0.1, 0.15) is 5.82 Å². The Balaban J connectivity index is 1.98. The number of fused-ring (bicyclic) bond motifs is 1. The molecule has 0 unspecified atom stereocenters. The minimum Gasteiger partial charge on any atom is -0.295 e. The predicted molar refractivity (Wildman–Crippen MR) is 94.2 cm³/mol. The average Bonchev–Trinajstić information content (AvgIpc) is 2.81. The second kappa shape index (κ2) is 6.26. The molecular formula is C16H13ClFN3O4S. The van der Waals surface area contributed by atoms with E-state index in [0.717, 1.165) is 18.2 Å². The number of carbonyl (C=O) groups is 1. The molecule has 1 N–H and O–H groups in total. The van der Waals surface area contributed by atoms with Gasteiger partial charge in [-0.3, -0.25) is 13.9 Å². The Morgan fingerprint density at radius 2 is 1.73 bits per heavy atom. The fourth-order valence-corrected chi connectivity index (χ4v) is 3.71. The van der Waals surface area contributed by atoms with Crippen LogP contribution >= 0.6 is 11.6 Å². The number of hydrogen-bond donors (Lipinski definition) is 1. The van der Waals surface area contributed by atoms with E-state index in [1.807, 2.05) is 4.72 Å². The quantitative estimate of drug-likeness (QED) is 0.729. The highest BCUT2D eigenvalue weighted by Gasteiger charge is 2.21. The van der Waals surface area contributed by atoms with Gasteiger partial charge in [-0.15, -0.1) is 0 Å². The van der Waals surface area contributed by atoms with Crippen molar-refractivity contribution in [2.45, 2.75) is 4.90 Å². The van der Waals surface area contributed by atoms with Crippen molar-refractivity contribution >= 4 is 38.6 Å². The lowest BCUT2D eigenvalue weighted by Crippen LogP contribution is -2.30. The van der Waals surface area contributed by atoms with E-state index >= 15 is 0 Å². The molecule has 2 aromatic carbocycles. The van der Waals surface area contributed by atoms with Crippen molar-refractivity contribution < 1.29 is 17.6 Å². The van der Waals surface area contributed by atoms with E-state index in [1.165, 1.54) is 34.4 Å². The first-order valence-electron chi connectivity index (χ1n) is 7.29. The van der Waals surface area contributed by atoms with Gasteiger partial charge in [-0.2, -0.15) is 0 Å². The van der Waals surface area contributed by atoms with Gasteiger partial charge in [0, 0.05) is 19.7 Å². The largest absolute Gasteiger partial charge is 0.328 e. The van der Waals surface area contributed by atoms with E-state index < -0.39 is 21.7 Å². The molecule has 0 saturated carbocycles. The second-order valence-corrected chi connectivity index (χ2v) is 7.70. The Morgan fingerprint density at radius 3 is 2.38 bits per heavy atom. The fraction of sp³-hybridized carbons (Fsp3) is 0.125. The summed E-state index contributed by atoms with van der Waals surface area (Å²) in [5.74, 6) is -1.67. The van der Waals surface area contributed by atoms with Gasteiger partial charge in [-0.05, 0) is 36.4 Å². The third-order valence-electron chi connectivity index (χ3n) is 3.96. The lowest BCUT2D eigenvalue weighted by atomic mass is 10.2. The molecule has 3 rings (SSSR count). The highest BCUT2D eigenvalue weighted by Crippen LogP contribution is 2.19. The highest BCUT2D eigenvalue weighted by molar-refractivity contribution is 7.90. The summed E-state index contributed by atoms with van der Waals surface area (Å²) in [6.45, 7) is 0. The van der Waals surface area contributed by atoms with E-state index in [0.29, 0.717) is 11.0 Å². The van der Waals surface area contributed by atoms with Crippen LogP contribution in [-0.4, -0.2) is 23.5 Å². The molecule has 0 aliphatic carbocycles. The lowest BCUT2D eigenvalue weighted by Gasteiger charge is -2.08. The van der Waals surface area contributed by atoms with Crippen LogP contribution in [-0.2, 0) is 24.1 Å². The van der Waals surface area contributed by atoms with Gasteiger partial charge >= 0.3 is 5.69 Å². The minimum atomic E-state index is -4.20. The number of imidazole rings is 1. The number of aryl methyl sites for hydroxylation is 2. The summed E-state index contributed by atoms with van der Waals surface area (Å²) in [6, 6.07) is 7.18. The maximum Gasteiger partial charge on any atom is 0.328 e. The molecule has 0 radical (unpaired) electrons. The number of aromatic nitrogens is 2. The Morgan fingerprint density at radius 1 is 1.08 bits per heavy atom. The molecule has 3 aromatic rings. The number of benzene rings is 2. The van der Waals surface area contributed by atoms with Crippen LogP contribution in [0.2, 0.25) is 5.02 Å². The van der Waals surface area contributed by atoms with Crippen molar-refractivity contribution in [3.05, 3.63) is 63.3 Å². The third kappa shape index (κ3) is 2.99. The Bertz CT molecular complexity index is 1210. The molecule has 136 valence electrons. The van der Waals surface area contributed by atoms with Gasteiger partial charge in [0.15, 0.2) is 0 Å². The number of hydrogen-bond acceptors (Lipinski definition) is 4. The average molecular weight is 398 g/mol. The zero-order chi connectivity index (χ0) is 19.2. The maximum atomic E-state index is 13.2. The van der Waals surface area contributed by atoms with Crippen LogP contribution in [0.5, 0.6) is 0 Å². The standard InChI is InChI=1S/C16H13ClFN3O4S/c1-20-13-6-4-10(8-14(13)21(2)16(20)23)26(24,25)19-15(22)9-3-5-12(18)11(17)7-9/h3-8H,1-2H3,(H,19,22). The molecular weight excluding hydrogens is 385 g/mol. The number of nitrogens with one attached hydrogen (secondary N) is 1. The number of halogens is 2. The van der Waals surface area contributed by atoms with Gasteiger partial charge in [0.2, 0.25) is 0 Å². The van der Waals surface area contributed by atoms with E-state index in [9.17, 15) is 22.4 Å². The molecule has 0 aliphatic heterocycles. The molecule has 10 heteroatoms. The molecule has 0 saturated heterocycles. The van der Waals surface area contributed by atoms with Crippen LogP contribution in [0.4, 0.5) is 4.39 Å². The third-order valence-corrected chi connectivity index (χ3v) is 5.58. The van der Waals surface area contributed by atoms with Crippen molar-refractivity contribution in [3.63, 3.8) is 0 Å². The van der Waals surface area contributed by atoms with Crippen LogP contribution in [0.1, 0.15) is 10.4 Å². The van der Waals surface area contributed by atoms with Crippen molar-refractivity contribution in [3.8, 4) is 0 Å². The van der Waals surface area contributed by atoms with Gasteiger partial charge in [-0.1, -0.05) is 11.6 Å². The molecule has 0 bridgehead atoms. The zero-order valence-corrected chi connectivity index (χ0v) is 15.2. The predicted octanol–water partition coefficient (Wildman–Crippen LogP) is 1.79. The molecule has 26 heavy (non-hydrogen) atoms. The van der Waals surface area contributed by atoms with Crippen molar-refractivity contribution in [1.29, 1.82) is 0 Å². The highest BCUT2D eigenvalue weighted by atomic mass is 35.5. The van der Waals surface area contributed by atoms with Gasteiger partial charge in [0.05, 0.1) is 21.0 Å². The number of nitrogens with zero attached hydrogens (tertiary/aromatic N) is 2. The van der Waals surface area contributed by atoms with Gasteiger partial charge in [0.25, 0.3) is 15.9 Å². The molecule has 0 aliphatic rings. The topological polar surface area (TPSA) is 90.2 Å². The Kier molecular flexibility index (Phi) is 4.37. The van der Waals surface area contributed by atoms with Gasteiger partial charge < -0.3 is 0 Å². The number of rotatable bonds is 3. The number of sulfonamides is 1. The van der Waals surface area contributed by atoms with Crippen molar-refractivity contribution in [1.82, 2.24) is 13.9 Å². The summed E-state index contributed by atoms with van der Waals surface area (Å²) in [5.41, 5.74) is 0.540. The van der Waals surface area contributed by atoms with Crippen LogP contribution < -0.4 is 10.4 Å². The summed E-state index contributed by atoms with van der Waals surface area (Å²) < 4.78 is 42.7. The summed E-state index contributed by atoms with van der Waals surface area (Å²) >= 11 is 5.61. The smallest absolute Gasteiger partial charge is 0.295 e. The minimum absolute atomic E-state index is 0.104. The van der Waals surface area contributed by atoms with Crippen LogP contribution in [0.25, 0.3) is 11.0 Å². The monoisotopic (exact) mass is 397 g/mol. The van der Waals surface area contributed by atoms with Gasteiger partial charge in [-0.25, -0.2) is 22.3 Å². The molecule has 0 fully saturated rings. The molecule has 1 aromatic heterocycles. The Hall–Kier alpha value is -2.65. The SMILES string of the molecule is Cn1c(=O)n(C)c2cc(S(=O)(=O)NC(=O)c3ccc(F)c(Cl)c3)ccc21. The molecule has 0 spiro atoms. The molecule has 0 atom stereocenters. The lowest BCUT2D eigenvalue weighted by molar-refractivity contribution is 0.0981. The second-order valence-electron chi connectivity index (χ2n) is 5.61.